The molecule has 0 aromatic heterocycles. The minimum atomic E-state index is -3.46. The van der Waals surface area contributed by atoms with Crippen LogP contribution in [0.1, 0.15) is 12.0 Å². The van der Waals surface area contributed by atoms with Crippen molar-refractivity contribution in [1.29, 1.82) is 0 Å². The van der Waals surface area contributed by atoms with Gasteiger partial charge in [-0.2, -0.15) is 4.31 Å². The molecule has 6 heteroatoms. The maximum absolute atomic E-state index is 12.7. The summed E-state index contributed by atoms with van der Waals surface area (Å²) in [5, 5.41) is 0. The molecule has 1 aliphatic heterocycles. The first kappa shape index (κ1) is 17.0. The molecule has 1 atom stereocenters. The van der Waals surface area contributed by atoms with Gasteiger partial charge in [-0.05, 0) is 67.8 Å². The maximum Gasteiger partial charge on any atom is 0.243 e. The van der Waals surface area contributed by atoms with Gasteiger partial charge in [-0.25, -0.2) is 8.42 Å². The van der Waals surface area contributed by atoms with Crippen molar-refractivity contribution in [3.63, 3.8) is 0 Å². The van der Waals surface area contributed by atoms with E-state index in [1.165, 1.54) is 4.31 Å². The average Bonchev–Trinajstić information content (AvgIpc) is 3.05. The largest absolute Gasteiger partial charge is 0.457 e. The fourth-order valence-electron chi connectivity index (χ4n) is 2.85. The summed E-state index contributed by atoms with van der Waals surface area (Å²) < 4.78 is 32.6. The van der Waals surface area contributed by atoms with Gasteiger partial charge in [0, 0.05) is 13.1 Å². The molecular formula is C18H22N2O3S. The Morgan fingerprint density at radius 1 is 1.17 bits per heavy atom. The zero-order valence-corrected chi connectivity index (χ0v) is 14.5. The third-order valence-corrected chi connectivity index (χ3v) is 6.15. The van der Waals surface area contributed by atoms with E-state index in [9.17, 15) is 8.42 Å². The van der Waals surface area contributed by atoms with E-state index in [1.54, 1.807) is 24.3 Å². The first-order valence-electron chi connectivity index (χ1n) is 8.04. The van der Waals surface area contributed by atoms with Crippen LogP contribution in [0.25, 0.3) is 0 Å². The number of hydrogen-bond donors (Lipinski definition) is 1. The molecule has 2 aromatic rings. The van der Waals surface area contributed by atoms with Gasteiger partial charge in [0.1, 0.15) is 11.5 Å². The normalized spacial score (nSPS) is 18.7. The highest BCUT2D eigenvalue weighted by atomic mass is 32.2. The molecule has 5 nitrogen and oxygen atoms in total. The number of rotatable bonds is 5. The van der Waals surface area contributed by atoms with Gasteiger partial charge in [-0.15, -0.1) is 0 Å². The number of hydrogen-bond acceptors (Lipinski definition) is 4. The Morgan fingerprint density at radius 2 is 1.92 bits per heavy atom. The summed E-state index contributed by atoms with van der Waals surface area (Å²) in [6, 6.07) is 14.3. The molecule has 1 unspecified atom stereocenters. The Morgan fingerprint density at radius 3 is 2.54 bits per heavy atom. The molecule has 0 bridgehead atoms. The number of ether oxygens (including phenoxy) is 1. The van der Waals surface area contributed by atoms with Gasteiger partial charge < -0.3 is 10.5 Å². The van der Waals surface area contributed by atoms with Gasteiger partial charge >= 0.3 is 0 Å². The second-order valence-corrected chi connectivity index (χ2v) is 8.08. The molecule has 2 aromatic carbocycles. The highest BCUT2D eigenvalue weighted by Gasteiger charge is 2.31. The SMILES string of the molecule is Cc1cccc(Oc2ccc(S(=O)(=O)N3CCC(CN)C3)cc2)c1. The van der Waals surface area contributed by atoms with Crippen molar-refractivity contribution in [2.24, 2.45) is 11.7 Å². The van der Waals surface area contributed by atoms with Gasteiger partial charge in [-0.1, -0.05) is 12.1 Å². The topological polar surface area (TPSA) is 72.6 Å². The Labute approximate surface area is 143 Å². The fourth-order valence-corrected chi connectivity index (χ4v) is 4.38. The molecule has 1 heterocycles. The quantitative estimate of drug-likeness (QED) is 0.903. The van der Waals surface area contributed by atoms with E-state index < -0.39 is 10.0 Å². The van der Waals surface area contributed by atoms with E-state index in [0.29, 0.717) is 25.4 Å². The first-order chi connectivity index (χ1) is 11.5. The predicted molar refractivity (Wildman–Crippen MR) is 93.6 cm³/mol. The van der Waals surface area contributed by atoms with E-state index in [4.69, 9.17) is 10.5 Å². The van der Waals surface area contributed by atoms with Crippen LogP contribution in [0.2, 0.25) is 0 Å². The summed E-state index contributed by atoms with van der Waals surface area (Å²) in [4.78, 5) is 0.289. The van der Waals surface area contributed by atoms with E-state index in [2.05, 4.69) is 0 Å². The zero-order valence-electron chi connectivity index (χ0n) is 13.7. The van der Waals surface area contributed by atoms with Crippen molar-refractivity contribution in [1.82, 2.24) is 4.31 Å². The van der Waals surface area contributed by atoms with Crippen LogP contribution in [-0.2, 0) is 10.0 Å². The Kier molecular flexibility index (Phi) is 4.89. The minimum Gasteiger partial charge on any atom is -0.457 e. The van der Waals surface area contributed by atoms with Crippen LogP contribution in [0, 0.1) is 12.8 Å². The first-order valence-corrected chi connectivity index (χ1v) is 9.48. The van der Waals surface area contributed by atoms with Crippen molar-refractivity contribution in [2.75, 3.05) is 19.6 Å². The van der Waals surface area contributed by atoms with Crippen LogP contribution >= 0.6 is 0 Å². The molecule has 0 saturated carbocycles. The van der Waals surface area contributed by atoms with Crippen LogP contribution in [0.4, 0.5) is 0 Å². The lowest BCUT2D eigenvalue weighted by molar-refractivity contribution is 0.458. The molecule has 1 aliphatic rings. The van der Waals surface area contributed by atoms with Crippen molar-refractivity contribution >= 4 is 10.0 Å². The summed E-state index contributed by atoms with van der Waals surface area (Å²) >= 11 is 0. The maximum atomic E-state index is 12.7. The molecule has 1 fully saturated rings. The van der Waals surface area contributed by atoms with Crippen molar-refractivity contribution in [3.8, 4) is 11.5 Å². The lowest BCUT2D eigenvalue weighted by Crippen LogP contribution is -2.29. The van der Waals surface area contributed by atoms with Gasteiger partial charge in [0.25, 0.3) is 0 Å². The van der Waals surface area contributed by atoms with Crippen LogP contribution in [0.3, 0.4) is 0 Å². The molecule has 24 heavy (non-hydrogen) atoms. The molecule has 0 amide bonds. The standard InChI is InChI=1S/C18H22N2O3S/c1-14-3-2-4-17(11-14)23-16-5-7-18(8-6-16)24(21,22)20-10-9-15(12-19)13-20/h2-8,11,15H,9-10,12-13,19H2,1H3. The second-order valence-electron chi connectivity index (χ2n) is 6.14. The van der Waals surface area contributed by atoms with Gasteiger partial charge in [0.2, 0.25) is 10.0 Å². The number of nitrogens with zero attached hydrogens (tertiary/aromatic N) is 1. The van der Waals surface area contributed by atoms with Gasteiger partial charge in [0.15, 0.2) is 0 Å². The minimum absolute atomic E-state index is 0.253. The van der Waals surface area contributed by atoms with E-state index in [1.807, 2.05) is 31.2 Å². The molecule has 3 rings (SSSR count). The number of nitrogens with two attached hydrogens (primary N) is 1. The van der Waals surface area contributed by atoms with E-state index in [-0.39, 0.29) is 10.8 Å². The second kappa shape index (κ2) is 6.93. The number of benzene rings is 2. The highest BCUT2D eigenvalue weighted by Crippen LogP contribution is 2.27. The summed E-state index contributed by atoms with van der Waals surface area (Å²) in [5.74, 6) is 1.60. The lowest BCUT2D eigenvalue weighted by Gasteiger charge is -2.16. The molecule has 2 N–H and O–H groups in total. The zero-order chi connectivity index (χ0) is 17.2. The molecule has 128 valence electrons. The molecular weight excluding hydrogens is 324 g/mol. The lowest BCUT2D eigenvalue weighted by atomic mass is 10.1. The average molecular weight is 346 g/mol. The van der Waals surface area contributed by atoms with Crippen LogP contribution in [0.15, 0.2) is 53.4 Å². The van der Waals surface area contributed by atoms with E-state index >= 15 is 0 Å². The van der Waals surface area contributed by atoms with Crippen molar-refractivity contribution < 1.29 is 13.2 Å². The number of sulfonamides is 1. The Hall–Kier alpha value is -1.89. The Bertz CT molecular complexity index is 803. The molecule has 0 aliphatic carbocycles. The number of aryl methyl sites for hydroxylation is 1. The molecule has 1 saturated heterocycles. The third-order valence-electron chi connectivity index (χ3n) is 4.27. The summed E-state index contributed by atoms with van der Waals surface area (Å²) in [7, 11) is -3.46. The Balaban J connectivity index is 1.74. The molecule has 0 radical (unpaired) electrons. The van der Waals surface area contributed by atoms with Crippen LogP contribution < -0.4 is 10.5 Å². The summed E-state index contributed by atoms with van der Waals surface area (Å²) in [6.45, 7) is 3.55. The fraction of sp³-hybridized carbons (Fsp3) is 0.333. The molecule has 0 spiro atoms. The predicted octanol–water partition coefficient (Wildman–Crippen LogP) is 2.76. The summed E-state index contributed by atoms with van der Waals surface area (Å²) in [6.07, 6.45) is 0.824. The summed E-state index contributed by atoms with van der Waals surface area (Å²) in [5.41, 5.74) is 6.75. The van der Waals surface area contributed by atoms with Crippen LogP contribution in [-0.4, -0.2) is 32.4 Å². The van der Waals surface area contributed by atoms with Gasteiger partial charge in [0.05, 0.1) is 4.90 Å². The smallest absolute Gasteiger partial charge is 0.243 e. The van der Waals surface area contributed by atoms with Crippen molar-refractivity contribution in [3.05, 3.63) is 54.1 Å². The van der Waals surface area contributed by atoms with Crippen molar-refractivity contribution in [2.45, 2.75) is 18.2 Å². The third kappa shape index (κ3) is 3.61. The van der Waals surface area contributed by atoms with Gasteiger partial charge in [-0.3, -0.25) is 0 Å². The van der Waals surface area contributed by atoms with E-state index in [0.717, 1.165) is 17.7 Å². The van der Waals surface area contributed by atoms with Crippen LogP contribution in [0.5, 0.6) is 11.5 Å². The highest BCUT2D eigenvalue weighted by molar-refractivity contribution is 7.89. The monoisotopic (exact) mass is 346 g/mol.